The maximum absolute atomic E-state index is 13.6. The van der Waals surface area contributed by atoms with Crippen LogP contribution in [0.5, 0.6) is 23.0 Å². The Balaban J connectivity index is 1.57. The lowest BCUT2D eigenvalue weighted by molar-refractivity contribution is -0.379. The van der Waals surface area contributed by atoms with Gasteiger partial charge in [-0.3, -0.25) is 0 Å². The molecule has 0 aromatic heterocycles. The molecule has 0 radical (unpaired) electrons. The zero-order chi connectivity index (χ0) is 38.1. The standard InChI is InChI=1S/C28H14F16O6/c29-21(23(31,32)25(35,36)27(39,40)41)49-17-5-1-13(2-6-17)19(45)47-15-9-11-16(12-10-15)48-20(46)14-3-7-18(8-4-14)50-22(30)24(33,34)26(37,38)28(42,43)44/h1-12,21-22H. The van der Waals surface area contributed by atoms with Crippen LogP contribution in [0.2, 0.25) is 0 Å². The van der Waals surface area contributed by atoms with Gasteiger partial charge in [-0.05, 0) is 72.8 Å². The highest BCUT2D eigenvalue weighted by molar-refractivity contribution is 5.92. The summed E-state index contributed by atoms with van der Waals surface area (Å²) in [5, 5.41) is 0. The van der Waals surface area contributed by atoms with Crippen molar-refractivity contribution in [1.82, 2.24) is 0 Å². The fourth-order valence-corrected chi connectivity index (χ4v) is 3.30. The molecule has 50 heavy (non-hydrogen) atoms. The molecule has 0 spiro atoms. The largest absolute Gasteiger partial charge is 0.460 e. The highest BCUT2D eigenvalue weighted by atomic mass is 19.4. The van der Waals surface area contributed by atoms with Gasteiger partial charge in [0.05, 0.1) is 11.1 Å². The summed E-state index contributed by atoms with van der Waals surface area (Å²) in [6.07, 6.45) is -22.5. The van der Waals surface area contributed by atoms with Crippen LogP contribution in [0.4, 0.5) is 70.2 Å². The molecular weight excluding hydrogens is 736 g/mol. The quantitative estimate of drug-likeness (QED) is 0.105. The van der Waals surface area contributed by atoms with Crippen LogP contribution < -0.4 is 18.9 Å². The average Bonchev–Trinajstić information content (AvgIpc) is 3.01. The van der Waals surface area contributed by atoms with E-state index < -0.39 is 72.2 Å². The van der Waals surface area contributed by atoms with Gasteiger partial charge in [-0.1, -0.05) is 0 Å². The summed E-state index contributed by atoms with van der Waals surface area (Å²) in [5.74, 6) is -31.0. The summed E-state index contributed by atoms with van der Waals surface area (Å²) >= 11 is 0. The van der Waals surface area contributed by atoms with Crippen LogP contribution in [0.3, 0.4) is 0 Å². The Morgan fingerprint density at radius 1 is 0.420 bits per heavy atom. The Morgan fingerprint density at radius 2 is 0.660 bits per heavy atom. The van der Waals surface area contributed by atoms with Crippen molar-refractivity contribution in [3.63, 3.8) is 0 Å². The number of hydrogen-bond donors (Lipinski definition) is 0. The number of halogens is 16. The van der Waals surface area contributed by atoms with Gasteiger partial charge < -0.3 is 18.9 Å². The van der Waals surface area contributed by atoms with Gasteiger partial charge in [-0.15, -0.1) is 0 Å². The second-order valence-electron chi connectivity index (χ2n) is 9.56. The second kappa shape index (κ2) is 13.8. The van der Waals surface area contributed by atoms with E-state index in [0.29, 0.717) is 24.3 Å². The molecule has 0 bridgehead atoms. The molecule has 0 saturated heterocycles. The van der Waals surface area contributed by atoms with Crippen LogP contribution in [0.25, 0.3) is 0 Å². The summed E-state index contributed by atoms with van der Waals surface area (Å²) in [6, 6.07) is 9.45. The van der Waals surface area contributed by atoms with Gasteiger partial charge in [0.25, 0.3) is 0 Å². The molecule has 0 aliphatic rings. The molecule has 2 unspecified atom stereocenters. The van der Waals surface area contributed by atoms with E-state index in [1.54, 1.807) is 0 Å². The highest BCUT2D eigenvalue weighted by Crippen LogP contribution is 2.50. The third kappa shape index (κ3) is 8.09. The Hall–Kier alpha value is -4.92. The minimum atomic E-state index is -6.81. The third-order valence-electron chi connectivity index (χ3n) is 6.02. The molecule has 0 amide bonds. The first-order chi connectivity index (χ1) is 22.7. The van der Waals surface area contributed by atoms with Crippen LogP contribution in [-0.2, 0) is 0 Å². The minimum Gasteiger partial charge on any atom is -0.454 e. The van der Waals surface area contributed by atoms with Crippen molar-refractivity contribution < 1.29 is 98.8 Å². The first-order valence-corrected chi connectivity index (χ1v) is 12.7. The Kier molecular flexibility index (Phi) is 10.9. The number of carbonyl (C=O) groups is 2. The SMILES string of the molecule is O=C(Oc1ccc(OC(=O)c2ccc(OC(F)C(F)(F)C(F)(F)C(F)(F)F)cc2)cc1)c1ccc(OC(F)C(F)(F)C(F)(F)C(F)(F)F)cc1. The van der Waals surface area contributed by atoms with Gasteiger partial charge in [0.1, 0.15) is 23.0 Å². The van der Waals surface area contributed by atoms with E-state index in [4.69, 9.17) is 9.47 Å². The van der Waals surface area contributed by atoms with Crippen molar-refractivity contribution in [2.45, 2.75) is 48.8 Å². The number of benzene rings is 3. The Morgan fingerprint density at radius 3 is 0.900 bits per heavy atom. The number of hydrogen-bond acceptors (Lipinski definition) is 6. The highest BCUT2D eigenvalue weighted by Gasteiger charge is 2.78. The van der Waals surface area contributed by atoms with Crippen molar-refractivity contribution >= 4 is 11.9 Å². The zero-order valence-corrected chi connectivity index (χ0v) is 23.6. The molecule has 6 nitrogen and oxygen atoms in total. The number of rotatable bonds is 12. The van der Waals surface area contributed by atoms with Gasteiger partial charge in [0.2, 0.25) is 0 Å². The molecule has 3 aromatic rings. The molecule has 3 rings (SSSR count). The maximum Gasteiger partial charge on any atom is 0.460 e. The summed E-state index contributed by atoms with van der Waals surface area (Å²) in [7, 11) is 0. The van der Waals surface area contributed by atoms with Crippen LogP contribution in [0.1, 0.15) is 20.7 Å². The first kappa shape index (κ1) is 39.5. The average molecular weight is 750 g/mol. The molecule has 0 aliphatic carbocycles. The lowest BCUT2D eigenvalue weighted by atomic mass is 10.1. The molecule has 2 atom stereocenters. The van der Waals surface area contributed by atoms with Gasteiger partial charge in [-0.2, -0.15) is 70.2 Å². The van der Waals surface area contributed by atoms with Gasteiger partial charge in [0.15, 0.2) is 0 Å². The van der Waals surface area contributed by atoms with Crippen molar-refractivity contribution in [2.75, 3.05) is 0 Å². The first-order valence-electron chi connectivity index (χ1n) is 12.7. The van der Waals surface area contributed by atoms with E-state index in [1.807, 2.05) is 0 Å². The van der Waals surface area contributed by atoms with Crippen LogP contribution in [0, 0.1) is 0 Å². The summed E-state index contributed by atoms with van der Waals surface area (Å²) in [4.78, 5) is 24.6. The van der Waals surface area contributed by atoms with E-state index in [2.05, 4.69) is 9.47 Å². The predicted molar refractivity (Wildman–Crippen MR) is 132 cm³/mol. The lowest BCUT2D eigenvalue weighted by Crippen LogP contribution is -2.58. The van der Waals surface area contributed by atoms with Gasteiger partial charge in [0, 0.05) is 0 Å². The minimum absolute atomic E-state index is 0.233. The van der Waals surface area contributed by atoms with Crippen molar-refractivity contribution in [1.29, 1.82) is 0 Å². The second-order valence-corrected chi connectivity index (χ2v) is 9.56. The maximum atomic E-state index is 13.6. The molecule has 0 heterocycles. The molecule has 0 fully saturated rings. The van der Waals surface area contributed by atoms with E-state index in [0.717, 1.165) is 48.5 Å². The molecule has 274 valence electrons. The monoisotopic (exact) mass is 750 g/mol. The fraction of sp³-hybridized carbons (Fsp3) is 0.286. The van der Waals surface area contributed by atoms with E-state index in [-0.39, 0.29) is 22.6 Å². The van der Waals surface area contributed by atoms with Crippen molar-refractivity contribution in [3.8, 4) is 23.0 Å². The summed E-state index contributed by atoms with van der Waals surface area (Å²) in [5.41, 5.74) is -0.778. The van der Waals surface area contributed by atoms with E-state index >= 15 is 0 Å². The zero-order valence-electron chi connectivity index (χ0n) is 23.6. The number of carbonyl (C=O) groups excluding carboxylic acids is 2. The number of ether oxygens (including phenoxy) is 4. The smallest absolute Gasteiger partial charge is 0.454 e. The fourth-order valence-electron chi connectivity index (χ4n) is 3.30. The lowest BCUT2D eigenvalue weighted by Gasteiger charge is -2.30. The molecule has 0 aliphatic heterocycles. The molecule has 0 N–H and O–H groups in total. The van der Waals surface area contributed by atoms with E-state index in [9.17, 15) is 79.8 Å². The van der Waals surface area contributed by atoms with E-state index in [1.165, 1.54) is 0 Å². The number of esters is 2. The Labute approximate surface area is 267 Å². The normalized spacial score (nSPS) is 14.4. The van der Waals surface area contributed by atoms with Crippen molar-refractivity contribution in [3.05, 3.63) is 83.9 Å². The molecule has 3 aromatic carbocycles. The molecular formula is C28H14F16O6. The Bertz CT molecular complexity index is 1510. The third-order valence-corrected chi connectivity index (χ3v) is 6.02. The molecule has 22 heteroatoms. The van der Waals surface area contributed by atoms with Gasteiger partial charge >= 0.3 is 60.7 Å². The van der Waals surface area contributed by atoms with Crippen LogP contribution >= 0.6 is 0 Å². The van der Waals surface area contributed by atoms with Crippen LogP contribution in [0.15, 0.2) is 72.8 Å². The number of alkyl halides is 16. The summed E-state index contributed by atoms with van der Waals surface area (Å²) in [6.45, 7) is 0. The topological polar surface area (TPSA) is 71.1 Å². The van der Waals surface area contributed by atoms with Crippen molar-refractivity contribution in [2.24, 2.45) is 0 Å². The van der Waals surface area contributed by atoms with Gasteiger partial charge in [-0.25, -0.2) is 9.59 Å². The van der Waals surface area contributed by atoms with Crippen LogP contribution in [-0.4, -0.2) is 60.7 Å². The molecule has 0 saturated carbocycles. The predicted octanol–water partition coefficient (Wildman–Crippen LogP) is 9.14. The summed E-state index contributed by atoms with van der Waals surface area (Å²) < 4.78 is 224.